The molecule has 146 valence electrons. The van der Waals surface area contributed by atoms with Gasteiger partial charge in [0.15, 0.2) is 14.1 Å². The van der Waals surface area contributed by atoms with Crippen molar-refractivity contribution in [1.82, 2.24) is 20.3 Å². The van der Waals surface area contributed by atoms with Crippen molar-refractivity contribution in [2.75, 3.05) is 0 Å². The van der Waals surface area contributed by atoms with E-state index in [0.717, 1.165) is 12.8 Å². The molecule has 2 rings (SSSR count). The Morgan fingerprint density at radius 2 is 2.08 bits per heavy atom. The third-order valence-corrected chi connectivity index (χ3v) is 10.1. The number of hydrogen-bond acceptors (Lipinski definition) is 5. The largest absolute Gasteiger partial charge is 0.413 e. The van der Waals surface area contributed by atoms with Gasteiger partial charge in [0.2, 0.25) is 5.91 Å². The minimum absolute atomic E-state index is 0.00845. The fourth-order valence-corrected chi connectivity index (χ4v) is 4.23. The van der Waals surface area contributed by atoms with Crippen LogP contribution in [0.5, 0.6) is 0 Å². The van der Waals surface area contributed by atoms with Crippen LogP contribution in [0.2, 0.25) is 18.1 Å². The second kappa shape index (κ2) is 7.60. The lowest BCUT2D eigenvalue weighted by atomic mass is 9.92. The number of carbonyl (C=O) groups is 2. The molecular weight excluding hydrogens is 348 g/mol. The van der Waals surface area contributed by atoms with Crippen LogP contribution in [-0.4, -0.2) is 41.1 Å². The molecular formula is C18H32N4O3Si. The summed E-state index contributed by atoms with van der Waals surface area (Å²) in [6, 6.07) is 0. The molecule has 0 aliphatic carbocycles. The molecule has 0 spiro atoms. The van der Waals surface area contributed by atoms with E-state index in [4.69, 9.17) is 4.43 Å². The van der Waals surface area contributed by atoms with Gasteiger partial charge in [-0.2, -0.15) is 0 Å². The van der Waals surface area contributed by atoms with Crippen LogP contribution in [0.1, 0.15) is 70.5 Å². The van der Waals surface area contributed by atoms with E-state index in [9.17, 15) is 9.59 Å². The molecule has 0 unspecified atom stereocenters. The highest BCUT2D eigenvalue weighted by Gasteiger charge is 2.48. The molecule has 1 aliphatic heterocycles. The molecule has 0 aromatic carbocycles. The lowest BCUT2D eigenvalue weighted by molar-refractivity contribution is -0.144. The van der Waals surface area contributed by atoms with Gasteiger partial charge in [-0.3, -0.25) is 9.59 Å². The molecule has 0 saturated carbocycles. The van der Waals surface area contributed by atoms with Crippen molar-refractivity contribution in [3.05, 3.63) is 11.9 Å². The SMILES string of the molecule is CCCCC(=O)c1cn([C@H]2NC(=O)[C@@H]2[C@@H](C)O[Si](C)(C)C(C)(C)C)nn1. The molecule has 26 heavy (non-hydrogen) atoms. The van der Waals surface area contributed by atoms with E-state index in [1.54, 1.807) is 10.9 Å². The number of amides is 1. The number of rotatable bonds is 8. The smallest absolute Gasteiger partial charge is 0.231 e. The summed E-state index contributed by atoms with van der Waals surface area (Å²) >= 11 is 0. The average molecular weight is 381 g/mol. The van der Waals surface area contributed by atoms with Crippen molar-refractivity contribution in [3.8, 4) is 0 Å². The van der Waals surface area contributed by atoms with Crippen LogP contribution in [0.25, 0.3) is 0 Å². The minimum atomic E-state index is -1.98. The van der Waals surface area contributed by atoms with Crippen molar-refractivity contribution in [3.63, 3.8) is 0 Å². The second-order valence-electron chi connectivity index (χ2n) is 8.67. The predicted octanol–water partition coefficient (Wildman–Crippen LogP) is 3.31. The van der Waals surface area contributed by atoms with E-state index in [-0.39, 0.29) is 34.9 Å². The first kappa shape index (κ1) is 20.8. The topological polar surface area (TPSA) is 86.1 Å². The first-order valence-electron chi connectivity index (χ1n) is 9.41. The molecule has 0 bridgehead atoms. The Kier molecular flexibility index (Phi) is 6.07. The van der Waals surface area contributed by atoms with Crippen LogP contribution in [-0.2, 0) is 9.22 Å². The van der Waals surface area contributed by atoms with Crippen LogP contribution in [0, 0.1) is 5.92 Å². The van der Waals surface area contributed by atoms with Gasteiger partial charge >= 0.3 is 0 Å². The first-order chi connectivity index (χ1) is 12.0. The lowest BCUT2D eigenvalue weighted by Gasteiger charge is -2.45. The molecule has 8 heteroatoms. The summed E-state index contributed by atoms with van der Waals surface area (Å²) in [6.07, 6.45) is 3.37. The molecule has 0 radical (unpaired) electrons. The molecule has 1 amide bonds. The van der Waals surface area contributed by atoms with Gasteiger partial charge in [0.1, 0.15) is 17.8 Å². The van der Waals surface area contributed by atoms with Gasteiger partial charge in [-0.25, -0.2) is 4.68 Å². The Labute approximate surface area is 157 Å². The van der Waals surface area contributed by atoms with Crippen LogP contribution in [0.4, 0.5) is 0 Å². The number of β-lactam (4-membered cyclic amide) rings is 1. The highest BCUT2D eigenvalue weighted by Crippen LogP contribution is 2.40. The fourth-order valence-electron chi connectivity index (χ4n) is 2.80. The van der Waals surface area contributed by atoms with Gasteiger partial charge in [0.25, 0.3) is 0 Å². The monoisotopic (exact) mass is 380 g/mol. The van der Waals surface area contributed by atoms with E-state index < -0.39 is 8.32 Å². The van der Waals surface area contributed by atoms with Gasteiger partial charge in [-0.15, -0.1) is 5.10 Å². The van der Waals surface area contributed by atoms with Crippen molar-refractivity contribution < 1.29 is 14.0 Å². The Morgan fingerprint density at radius 1 is 1.42 bits per heavy atom. The van der Waals surface area contributed by atoms with E-state index in [1.165, 1.54) is 0 Å². The molecule has 1 N–H and O–H groups in total. The third-order valence-electron chi connectivity index (χ3n) is 5.56. The zero-order valence-corrected chi connectivity index (χ0v) is 18.0. The molecule has 1 aliphatic rings. The molecule has 1 aromatic rings. The first-order valence-corrected chi connectivity index (χ1v) is 12.3. The number of unbranched alkanes of at least 4 members (excludes halogenated alkanes) is 1. The summed E-state index contributed by atoms with van der Waals surface area (Å²) in [5.74, 6) is -0.383. The average Bonchev–Trinajstić information content (AvgIpc) is 2.97. The zero-order chi connectivity index (χ0) is 19.7. The standard InChI is InChI=1S/C18H32N4O3Si/c1-8-9-10-14(23)13-11-22(21-20-13)16-15(17(24)19-16)12(2)25-26(6,7)18(3,4)5/h11-12,15-16H,8-10H2,1-7H3,(H,19,24)/t12-,15-,16-/m1/s1. The van der Waals surface area contributed by atoms with Crippen LogP contribution < -0.4 is 5.32 Å². The van der Waals surface area contributed by atoms with Gasteiger partial charge in [-0.05, 0) is 31.5 Å². The second-order valence-corrected chi connectivity index (χ2v) is 13.4. The summed E-state index contributed by atoms with van der Waals surface area (Å²) in [4.78, 5) is 24.3. The van der Waals surface area contributed by atoms with E-state index in [0.29, 0.717) is 12.1 Å². The summed E-state index contributed by atoms with van der Waals surface area (Å²) < 4.78 is 7.97. The van der Waals surface area contributed by atoms with Crippen molar-refractivity contribution in [2.24, 2.45) is 5.92 Å². The third kappa shape index (κ3) is 4.23. The molecule has 2 heterocycles. The maximum atomic E-state index is 12.2. The molecule has 1 fully saturated rings. The normalized spacial score (nSPS) is 21.9. The van der Waals surface area contributed by atoms with E-state index >= 15 is 0 Å². The fraction of sp³-hybridized carbons (Fsp3) is 0.778. The summed E-state index contributed by atoms with van der Waals surface area (Å²) in [6.45, 7) is 14.9. The number of nitrogens with zero attached hydrogens (tertiary/aromatic N) is 3. The molecule has 3 atom stereocenters. The van der Waals surface area contributed by atoms with Crippen molar-refractivity contribution >= 4 is 20.0 Å². The number of aromatic nitrogens is 3. The van der Waals surface area contributed by atoms with Gasteiger partial charge < -0.3 is 9.74 Å². The van der Waals surface area contributed by atoms with Gasteiger partial charge in [0, 0.05) is 6.42 Å². The van der Waals surface area contributed by atoms with E-state index in [2.05, 4.69) is 49.5 Å². The highest BCUT2D eigenvalue weighted by atomic mass is 28.4. The maximum Gasteiger partial charge on any atom is 0.231 e. The molecule has 1 aromatic heterocycles. The number of nitrogens with one attached hydrogen (secondary N) is 1. The Hall–Kier alpha value is -1.54. The summed E-state index contributed by atoms with van der Waals surface area (Å²) in [5, 5.41) is 11.0. The van der Waals surface area contributed by atoms with Crippen molar-refractivity contribution in [2.45, 2.75) is 84.3 Å². The summed E-state index contributed by atoms with van der Waals surface area (Å²) in [5.41, 5.74) is 0.358. The van der Waals surface area contributed by atoms with Gasteiger partial charge in [-0.1, -0.05) is 39.3 Å². The summed E-state index contributed by atoms with van der Waals surface area (Å²) in [7, 11) is -1.98. The number of Topliss-reactive ketones (excluding diaryl/α,β-unsaturated/α-hetero) is 1. The van der Waals surface area contributed by atoms with Crippen LogP contribution in [0.3, 0.4) is 0 Å². The molecule has 7 nitrogen and oxygen atoms in total. The van der Waals surface area contributed by atoms with Crippen LogP contribution >= 0.6 is 0 Å². The zero-order valence-electron chi connectivity index (χ0n) is 17.0. The maximum absolute atomic E-state index is 12.2. The Balaban J connectivity index is 2.08. The quantitative estimate of drug-likeness (QED) is 0.425. The van der Waals surface area contributed by atoms with Gasteiger partial charge in [0.05, 0.1) is 12.3 Å². The minimum Gasteiger partial charge on any atom is -0.413 e. The highest BCUT2D eigenvalue weighted by molar-refractivity contribution is 6.74. The molecule has 1 saturated heterocycles. The van der Waals surface area contributed by atoms with E-state index in [1.807, 2.05) is 13.8 Å². The Morgan fingerprint density at radius 3 is 2.62 bits per heavy atom. The van der Waals surface area contributed by atoms with Crippen LogP contribution in [0.15, 0.2) is 6.20 Å². The number of ketones is 1. The number of hydrogen-bond donors (Lipinski definition) is 1. The predicted molar refractivity (Wildman–Crippen MR) is 102 cm³/mol. The lowest BCUT2D eigenvalue weighted by Crippen LogP contribution is -2.60. The number of carbonyl (C=O) groups excluding carboxylic acids is 2. The van der Waals surface area contributed by atoms with Crippen molar-refractivity contribution in [1.29, 1.82) is 0 Å². The Bertz CT molecular complexity index is 666.